The van der Waals surface area contributed by atoms with E-state index >= 15 is 0 Å². The van der Waals surface area contributed by atoms with Crippen LogP contribution in [-0.2, 0) is 0 Å². The van der Waals surface area contributed by atoms with Gasteiger partial charge in [0.2, 0.25) is 0 Å². The Balaban J connectivity index is 0.868. The minimum atomic E-state index is 0.353. The summed E-state index contributed by atoms with van der Waals surface area (Å²) in [5.74, 6) is 4.53. The van der Waals surface area contributed by atoms with Crippen molar-refractivity contribution in [1.82, 2.24) is 54.0 Å². The van der Waals surface area contributed by atoms with Gasteiger partial charge in [0.15, 0.2) is 52.4 Å². The Labute approximate surface area is 550 Å². The molecule has 96 heavy (non-hydrogen) atoms. The quantitative estimate of drug-likeness (QED) is 0.114. The summed E-state index contributed by atoms with van der Waals surface area (Å²) in [4.78, 5) is 46.8. The average Bonchev–Trinajstić information content (AvgIpc) is 1.74. The second kappa shape index (κ2) is 23.8. The van der Waals surface area contributed by atoms with Crippen LogP contribution in [0.5, 0.6) is 0 Å². The van der Waals surface area contributed by atoms with Crippen LogP contribution in [0.2, 0.25) is 0 Å². The molecule has 0 aliphatic carbocycles. The van der Waals surface area contributed by atoms with Crippen LogP contribution in [0.4, 0.5) is 0 Å². The molecule has 0 aliphatic rings. The molecule has 0 amide bonds. The SMILES string of the molecule is N#Cc1cccc(-c2ccc(-c3nc(-c4ccccc4)nc(-c4cc(C#N)ccc4-n4c5ccccc5c5cc(-c6nc(-c7ccccc7)nc(-c7ccccc7)n6)ccc54)n3)c(-n3c4ccccc4c4cc(-c5nc(-c6ccccc6)nc(-c6ccccc6)n5)ccc43)c2)c1. The number of rotatable bonds is 12. The number of hydrogen-bond acceptors (Lipinski definition) is 11. The first-order valence-electron chi connectivity index (χ1n) is 31.3. The lowest BCUT2D eigenvalue weighted by atomic mass is 9.99. The lowest BCUT2D eigenvalue weighted by Gasteiger charge is -2.18. The highest BCUT2D eigenvalue weighted by Crippen LogP contribution is 2.43. The lowest BCUT2D eigenvalue weighted by Crippen LogP contribution is -2.06. The van der Waals surface area contributed by atoms with Crippen LogP contribution < -0.4 is 0 Å². The molecular weight excluding hydrogens is 1180 g/mol. The largest absolute Gasteiger partial charge is 0.308 e. The van der Waals surface area contributed by atoms with E-state index in [2.05, 4.69) is 106 Å². The van der Waals surface area contributed by atoms with Gasteiger partial charge in [0, 0.05) is 71.6 Å². The highest BCUT2D eigenvalue weighted by atomic mass is 15.1. The molecule has 13 heteroatoms. The summed E-state index contributed by atoms with van der Waals surface area (Å²) < 4.78 is 4.49. The Bertz CT molecular complexity index is 5860. The number of nitriles is 2. The van der Waals surface area contributed by atoms with E-state index < -0.39 is 0 Å². The Morgan fingerprint density at radius 1 is 0.208 bits per heavy atom. The number of nitrogens with zero attached hydrogens (tertiary/aromatic N) is 13. The van der Waals surface area contributed by atoms with Crippen molar-refractivity contribution < 1.29 is 0 Å². The van der Waals surface area contributed by atoms with E-state index in [0.29, 0.717) is 74.7 Å². The molecule has 5 heterocycles. The number of aromatic nitrogens is 11. The fourth-order valence-electron chi connectivity index (χ4n) is 12.8. The van der Waals surface area contributed by atoms with Crippen LogP contribution in [0.3, 0.4) is 0 Å². The summed E-state index contributed by atoms with van der Waals surface area (Å²) in [6.07, 6.45) is 0. The van der Waals surface area contributed by atoms with Crippen LogP contribution in [0, 0.1) is 22.7 Å². The average molecular weight is 1230 g/mol. The maximum Gasteiger partial charge on any atom is 0.166 e. The van der Waals surface area contributed by atoms with Gasteiger partial charge >= 0.3 is 0 Å². The third-order valence-corrected chi connectivity index (χ3v) is 17.3. The first-order chi connectivity index (χ1) is 47.5. The van der Waals surface area contributed by atoms with Crippen molar-refractivity contribution in [1.29, 1.82) is 10.5 Å². The molecule has 0 N–H and O–H groups in total. The zero-order chi connectivity index (χ0) is 64.1. The monoisotopic (exact) mass is 1230 g/mol. The smallest absolute Gasteiger partial charge is 0.166 e. The van der Waals surface area contributed by atoms with Gasteiger partial charge in [-0.05, 0) is 102 Å². The molecule has 0 unspecified atom stereocenters. The maximum absolute atomic E-state index is 10.8. The van der Waals surface area contributed by atoms with Crippen molar-refractivity contribution in [3.05, 3.63) is 308 Å². The van der Waals surface area contributed by atoms with Gasteiger partial charge in [-0.3, -0.25) is 0 Å². The zero-order valence-electron chi connectivity index (χ0n) is 51.1. The lowest BCUT2D eigenvalue weighted by molar-refractivity contribution is 1.06. The third-order valence-electron chi connectivity index (χ3n) is 17.3. The van der Waals surface area contributed by atoms with E-state index in [4.69, 9.17) is 44.9 Å². The van der Waals surface area contributed by atoms with Gasteiger partial charge in [-0.25, -0.2) is 44.9 Å². The molecule has 17 aromatic rings. The number of hydrogen-bond donors (Lipinski definition) is 0. The Morgan fingerprint density at radius 2 is 0.542 bits per heavy atom. The van der Waals surface area contributed by atoms with Gasteiger partial charge in [-0.1, -0.05) is 206 Å². The van der Waals surface area contributed by atoms with Gasteiger partial charge in [0.25, 0.3) is 0 Å². The fraction of sp³-hybridized carbons (Fsp3) is 0. The van der Waals surface area contributed by atoms with E-state index in [1.54, 1.807) is 0 Å². The number of para-hydroxylation sites is 2. The minimum Gasteiger partial charge on any atom is -0.308 e. The second-order valence-corrected chi connectivity index (χ2v) is 23.2. The number of fused-ring (bicyclic) bond motifs is 6. The van der Waals surface area contributed by atoms with E-state index in [1.807, 2.05) is 212 Å². The van der Waals surface area contributed by atoms with Crippen LogP contribution in [0.15, 0.2) is 297 Å². The molecule has 0 atom stereocenters. The topological polar surface area (TPSA) is 173 Å². The molecule has 0 aliphatic heterocycles. The molecule has 13 nitrogen and oxygen atoms in total. The van der Waals surface area contributed by atoms with Crippen LogP contribution in [-0.4, -0.2) is 54.0 Å². The van der Waals surface area contributed by atoms with Crippen LogP contribution in [0.1, 0.15) is 11.1 Å². The van der Waals surface area contributed by atoms with Crippen molar-refractivity contribution in [3.8, 4) is 137 Å². The normalized spacial score (nSPS) is 11.3. The van der Waals surface area contributed by atoms with Gasteiger partial charge in [0.1, 0.15) is 0 Å². The Kier molecular flexibility index (Phi) is 13.9. The van der Waals surface area contributed by atoms with Gasteiger partial charge in [-0.2, -0.15) is 10.5 Å². The van der Waals surface area contributed by atoms with Gasteiger partial charge < -0.3 is 9.13 Å². The molecule has 0 fully saturated rings. The molecule has 446 valence electrons. The first kappa shape index (κ1) is 56.2. The molecule has 0 radical (unpaired) electrons. The maximum atomic E-state index is 10.8. The van der Waals surface area contributed by atoms with Crippen molar-refractivity contribution >= 4 is 43.6 Å². The molecule has 0 saturated carbocycles. The van der Waals surface area contributed by atoms with Gasteiger partial charge in [-0.15, -0.1) is 0 Å². The van der Waals surface area contributed by atoms with E-state index in [-0.39, 0.29) is 0 Å². The standard InChI is InChI=1S/C83H49N13/c84-50-52-21-20-32-59(45-52)60-38-41-65(74(49-60)96-70-36-19-17-34-64(70)67-48-62(40-44-72(67)96)81-90-77(56-26-10-3-11-27-56)87-78(91-81)57-28-12-4-13-29-57)82-92-79(58-30-14-5-15-31-58)93-83(94-82)68-46-53(51-85)37-42-73(68)95-69-35-18-16-33-63(69)66-47-61(39-43-71(66)95)80-88-75(54-22-6-1-7-23-54)86-76(89-80)55-24-8-2-9-25-55/h1-49H. The van der Waals surface area contributed by atoms with Crippen molar-refractivity contribution in [3.63, 3.8) is 0 Å². The molecule has 12 aromatic carbocycles. The summed E-state index contributed by atoms with van der Waals surface area (Å²) in [7, 11) is 0. The molecule has 0 bridgehead atoms. The second-order valence-electron chi connectivity index (χ2n) is 23.2. The molecule has 0 saturated heterocycles. The fourth-order valence-corrected chi connectivity index (χ4v) is 12.8. The van der Waals surface area contributed by atoms with Crippen LogP contribution >= 0.6 is 0 Å². The Hall–Kier alpha value is -13.8. The minimum absolute atomic E-state index is 0.353. The molecule has 17 rings (SSSR count). The molecule has 5 aromatic heterocycles. The van der Waals surface area contributed by atoms with Crippen molar-refractivity contribution in [2.75, 3.05) is 0 Å². The number of benzene rings is 12. The Morgan fingerprint density at radius 3 is 0.990 bits per heavy atom. The summed E-state index contributed by atoms with van der Waals surface area (Å²) in [5, 5.41) is 24.9. The highest BCUT2D eigenvalue weighted by molar-refractivity contribution is 6.12. The van der Waals surface area contributed by atoms with Crippen LogP contribution in [0.25, 0.3) is 169 Å². The predicted octanol–water partition coefficient (Wildman–Crippen LogP) is 18.8. The van der Waals surface area contributed by atoms with E-state index in [0.717, 1.165) is 105 Å². The highest BCUT2D eigenvalue weighted by Gasteiger charge is 2.25. The molecule has 0 spiro atoms. The summed E-state index contributed by atoms with van der Waals surface area (Å²) in [6, 6.07) is 104. The first-order valence-corrected chi connectivity index (χ1v) is 31.3. The summed E-state index contributed by atoms with van der Waals surface area (Å²) in [5.41, 5.74) is 15.1. The summed E-state index contributed by atoms with van der Waals surface area (Å²) in [6.45, 7) is 0. The molecular formula is C83H49N13. The van der Waals surface area contributed by atoms with Crippen molar-refractivity contribution in [2.45, 2.75) is 0 Å². The van der Waals surface area contributed by atoms with Gasteiger partial charge in [0.05, 0.1) is 56.7 Å². The van der Waals surface area contributed by atoms with E-state index in [9.17, 15) is 10.5 Å². The third kappa shape index (κ3) is 10.2. The predicted molar refractivity (Wildman–Crippen MR) is 379 cm³/mol. The van der Waals surface area contributed by atoms with E-state index in [1.165, 1.54) is 0 Å². The summed E-state index contributed by atoms with van der Waals surface area (Å²) >= 11 is 0. The van der Waals surface area contributed by atoms with Crippen molar-refractivity contribution in [2.24, 2.45) is 0 Å². The zero-order valence-corrected chi connectivity index (χ0v) is 51.1.